The maximum Gasteiger partial charge on any atom is 0.317 e. The zero-order valence-electron chi connectivity index (χ0n) is 10.1. The molecule has 96 valence electrons. The molecular formula is C11H14N4O3. The van der Waals surface area contributed by atoms with Crippen molar-refractivity contribution in [3.8, 4) is 11.5 Å². The van der Waals surface area contributed by atoms with Crippen LogP contribution in [0, 0.1) is 0 Å². The molecule has 2 rings (SSSR count). The third-order valence-corrected chi connectivity index (χ3v) is 2.36. The molecule has 0 fully saturated rings. The molecule has 0 saturated heterocycles. The number of nitrogens with one attached hydrogen (secondary N) is 1. The minimum absolute atomic E-state index is 0.0270. The second kappa shape index (κ2) is 5.26. The van der Waals surface area contributed by atoms with Gasteiger partial charge in [0.2, 0.25) is 0 Å². The predicted octanol–water partition coefficient (Wildman–Crippen LogP) is 1.28. The molecule has 1 heterocycles. The van der Waals surface area contributed by atoms with Crippen LogP contribution in [-0.2, 0) is 6.54 Å². The minimum Gasteiger partial charge on any atom is -0.497 e. The lowest BCUT2D eigenvalue weighted by molar-refractivity contribution is 0.391. The van der Waals surface area contributed by atoms with Gasteiger partial charge in [-0.3, -0.25) is 0 Å². The van der Waals surface area contributed by atoms with E-state index in [0.29, 0.717) is 12.3 Å². The predicted molar refractivity (Wildman–Crippen MR) is 65.6 cm³/mol. The maximum atomic E-state index is 5.32. The molecule has 0 aliphatic rings. The first kappa shape index (κ1) is 12.0. The molecular weight excluding hydrogens is 236 g/mol. The summed E-state index contributed by atoms with van der Waals surface area (Å²) in [6.07, 6.45) is 0. The Balaban J connectivity index is 2.08. The Labute approximate surface area is 104 Å². The largest absolute Gasteiger partial charge is 0.497 e. The Hall–Kier alpha value is -2.44. The van der Waals surface area contributed by atoms with Crippen LogP contribution in [0.3, 0.4) is 0 Å². The van der Waals surface area contributed by atoms with Gasteiger partial charge in [-0.1, -0.05) is 10.2 Å². The number of nitrogens with two attached hydrogens (primary N) is 1. The average Bonchev–Trinajstić information content (AvgIpc) is 2.82. The summed E-state index contributed by atoms with van der Waals surface area (Å²) in [6, 6.07) is 5.84. The zero-order chi connectivity index (χ0) is 13.0. The first-order valence-electron chi connectivity index (χ1n) is 5.26. The first-order valence-corrected chi connectivity index (χ1v) is 5.26. The van der Waals surface area contributed by atoms with E-state index < -0.39 is 0 Å². The normalized spacial score (nSPS) is 10.1. The highest BCUT2D eigenvalue weighted by Crippen LogP contribution is 2.25. The molecule has 7 heteroatoms. The van der Waals surface area contributed by atoms with Gasteiger partial charge >= 0.3 is 12.0 Å². The highest BCUT2D eigenvalue weighted by molar-refractivity contribution is 5.42. The molecule has 0 unspecified atom stereocenters. The second-order valence-electron chi connectivity index (χ2n) is 3.48. The van der Waals surface area contributed by atoms with Crippen LogP contribution in [0.1, 0.15) is 5.56 Å². The molecule has 1 aromatic carbocycles. The molecule has 18 heavy (non-hydrogen) atoms. The molecule has 7 nitrogen and oxygen atoms in total. The molecule has 0 aliphatic carbocycles. The Morgan fingerprint density at radius 3 is 2.72 bits per heavy atom. The van der Waals surface area contributed by atoms with E-state index in [1.165, 1.54) is 0 Å². The van der Waals surface area contributed by atoms with E-state index in [1.54, 1.807) is 20.3 Å². The quantitative estimate of drug-likeness (QED) is 0.825. The van der Waals surface area contributed by atoms with Crippen LogP contribution in [0.25, 0.3) is 0 Å². The molecule has 0 radical (unpaired) electrons. The van der Waals surface area contributed by atoms with Crippen molar-refractivity contribution in [3.05, 3.63) is 23.8 Å². The summed E-state index contributed by atoms with van der Waals surface area (Å²) in [6.45, 7) is 0.481. The van der Waals surface area contributed by atoms with E-state index in [2.05, 4.69) is 15.5 Å². The Bertz CT molecular complexity index is 527. The Morgan fingerprint density at radius 2 is 2.11 bits per heavy atom. The van der Waals surface area contributed by atoms with Crippen molar-refractivity contribution in [2.24, 2.45) is 0 Å². The fourth-order valence-electron chi connectivity index (χ4n) is 1.47. The third kappa shape index (κ3) is 2.62. The van der Waals surface area contributed by atoms with Gasteiger partial charge in [0.25, 0.3) is 0 Å². The Morgan fingerprint density at radius 1 is 1.28 bits per heavy atom. The number of aromatic nitrogens is 2. The lowest BCUT2D eigenvalue weighted by Crippen LogP contribution is -2.02. The van der Waals surface area contributed by atoms with Crippen LogP contribution in [0.5, 0.6) is 11.5 Å². The van der Waals surface area contributed by atoms with Gasteiger partial charge in [0.1, 0.15) is 11.5 Å². The number of benzene rings is 1. The molecule has 3 N–H and O–H groups in total. The molecule has 0 amide bonds. The standard InChI is InChI=1S/C11H14N4O3/c1-16-8-4-3-7(9(5-8)17-2)6-13-11-15-14-10(12)18-11/h3-5H,6H2,1-2H3,(H2,12,14)(H,13,15). The first-order chi connectivity index (χ1) is 8.72. The van der Waals surface area contributed by atoms with Crippen molar-refractivity contribution >= 4 is 12.0 Å². The zero-order valence-corrected chi connectivity index (χ0v) is 10.1. The van der Waals surface area contributed by atoms with Gasteiger partial charge in [-0.2, -0.15) is 0 Å². The highest BCUT2D eigenvalue weighted by atomic mass is 16.5. The van der Waals surface area contributed by atoms with E-state index in [1.807, 2.05) is 12.1 Å². The monoisotopic (exact) mass is 250 g/mol. The molecule has 0 aliphatic heterocycles. The van der Waals surface area contributed by atoms with Gasteiger partial charge < -0.3 is 24.9 Å². The second-order valence-corrected chi connectivity index (χ2v) is 3.48. The summed E-state index contributed by atoms with van der Waals surface area (Å²) in [4.78, 5) is 0. The summed E-state index contributed by atoms with van der Waals surface area (Å²) in [5, 5.41) is 10.2. The number of hydrogen-bond acceptors (Lipinski definition) is 7. The van der Waals surface area contributed by atoms with Crippen molar-refractivity contribution in [3.63, 3.8) is 0 Å². The van der Waals surface area contributed by atoms with Gasteiger partial charge in [0.05, 0.1) is 14.2 Å². The molecule has 0 saturated carbocycles. The number of methoxy groups -OCH3 is 2. The van der Waals surface area contributed by atoms with E-state index in [0.717, 1.165) is 11.3 Å². The smallest absolute Gasteiger partial charge is 0.317 e. The molecule has 0 spiro atoms. The molecule has 0 bridgehead atoms. The number of hydrogen-bond donors (Lipinski definition) is 2. The third-order valence-electron chi connectivity index (χ3n) is 2.36. The SMILES string of the molecule is COc1ccc(CNc2nnc(N)o2)c(OC)c1. The van der Waals surface area contributed by atoms with Gasteiger partial charge in [0, 0.05) is 18.2 Å². The van der Waals surface area contributed by atoms with Crippen molar-refractivity contribution in [1.82, 2.24) is 10.2 Å². The summed E-state index contributed by atoms with van der Waals surface area (Å²) in [5.74, 6) is 1.45. The van der Waals surface area contributed by atoms with Gasteiger partial charge in [-0.25, -0.2) is 0 Å². The van der Waals surface area contributed by atoms with Crippen LogP contribution in [0.2, 0.25) is 0 Å². The van der Waals surface area contributed by atoms with E-state index in [9.17, 15) is 0 Å². The lowest BCUT2D eigenvalue weighted by atomic mass is 10.2. The van der Waals surface area contributed by atoms with E-state index in [4.69, 9.17) is 19.6 Å². The number of ether oxygens (including phenoxy) is 2. The van der Waals surface area contributed by atoms with E-state index in [-0.39, 0.29) is 12.0 Å². The summed E-state index contributed by atoms with van der Waals surface area (Å²) < 4.78 is 15.4. The molecule has 2 aromatic rings. The summed E-state index contributed by atoms with van der Waals surface area (Å²) in [5.41, 5.74) is 6.26. The topological polar surface area (TPSA) is 95.4 Å². The number of nitrogens with zero attached hydrogens (tertiary/aromatic N) is 2. The summed E-state index contributed by atoms with van der Waals surface area (Å²) in [7, 11) is 3.21. The van der Waals surface area contributed by atoms with Crippen molar-refractivity contribution < 1.29 is 13.9 Å². The van der Waals surface area contributed by atoms with Gasteiger partial charge in [-0.05, 0) is 12.1 Å². The number of rotatable bonds is 5. The molecule has 1 aromatic heterocycles. The highest BCUT2D eigenvalue weighted by Gasteiger charge is 2.07. The summed E-state index contributed by atoms with van der Waals surface area (Å²) >= 11 is 0. The van der Waals surface area contributed by atoms with Crippen LogP contribution in [-0.4, -0.2) is 24.4 Å². The minimum atomic E-state index is 0.0270. The van der Waals surface area contributed by atoms with Crippen molar-refractivity contribution in [2.75, 3.05) is 25.3 Å². The van der Waals surface area contributed by atoms with Crippen LogP contribution < -0.4 is 20.5 Å². The van der Waals surface area contributed by atoms with Crippen molar-refractivity contribution in [2.45, 2.75) is 6.54 Å². The van der Waals surface area contributed by atoms with E-state index >= 15 is 0 Å². The molecule has 0 atom stereocenters. The van der Waals surface area contributed by atoms with Gasteiger partial charge in [-0.15, -0.1) is 0 Å². The van der Waals surface area contributed by atoms with Crippen LogP contribution in [0.4, 0.5) is 12.0 Å². The van der Waals surface area contributed by atoms with Gasteiger partial charge in [0.15, 0.2) is 0 Å². The lowest BCUT2D eigenvalue weighted by Gasteiger charge is -2.10. The number of anilines is 2. The fourth-order valence-corrected chi connectivity index (χ4v) is 1.47. The van der Waals surface area contributed by atoms with Crippen LogP contribution in [0.15, 0.2) is 22.6 Å². The van der Waals surface area contributed by atoms with Crippen molar-refractivity contribution in [1.29, 1.82) is 0 Å². The Kier molecular flexibility index (Phi) is 3.52. The number of nitrogen functional groups attached to an aromatic ring is 1. The fraction of sp³-hybridized carbons (Fsp3) is 0.273. The maximum absolute atomic E-state index is 5.32. The van der Waals surface area contributed by atoms with Crippen LogP contribution >= 0.6 is 0 Å². The average molecular weight is 250 g/mol.